The van der Waals surface area contributed by atoms with Gasteiger partial charge >= 0.3 is 0 Å². The predicted octanol–water partition coefficient (Wildman–Crippen LogP) is 1.17. The van der Waals surface area contributed by atoms with Crippen LogP contribution in [0.5, 0.6) is 5.75 Å². The van der Waals surface area contributed by atoms with E-state index in [1.165, 1.54) is 49.3 Å². The zero-order valence-corrected chi connectivity index (χ0v) is 25.9. The Bertz CT molecular complexity index is 1910. The first-order valence-electron chi connectivity index (χ1n) is 14.5. The molecule has 1 heterocycles. The lowest BCUT2D eigenvalue weighted by atomic mass is 9.49. The summed E-state index contributed by atoms with van der Waals surface area (Å²) in [5, 5.41) is 50.9. The summed E-state index contributed by atoms with van der Waals surface area (Å²) >= 11 is 1.12. The SMILES string of the molecule is CC1c2ccc(Nc3nc(-c4cccc([N+](=O)[O-])c4)cs3)c(O)c2C(=O)C2C(=O)C3(O)C(=O)C(C(N)=O)C(=O)C(N(C)C)C3C(O)C21. The van der Waals surface area contributed by atoms with Crippen molar-refractivity contribution in [2.24, 2.45) is 29.4 Å². The molecule has 2 aromatic carbocycles. The van der Waals surface area contributed by atoms with Gasteiger partial charge in [0.1, 0.15) is 5.75 Å². The van der Waals surface area contributed by atoms with E-state index in [9.17, 15) is 49.4 Å². The molecule has 8 atom stereocenters. The minimum Gasteiger partial charge on any atom is -0.505 e. The number of aromatic nitrogens is 1. The van der Waals surface area contributed by atoms with Crippen LogP contribution in [0.3, 0.4) is 0 Å². The van der Waals surface area contributed by atoms with Gasteiger partial charge in [0.15, 0.2) is 39.8 Å². The fraction of sp³-hybridized carbons (Fsp3) is 0.355. The molecule has 0 bridgehead atoms. The minimum absolute atomic E-state index is 0.0314. The average molecular weight is 664 g/mol. The summed E-state index contributed by atoms with van der Waals surface area (Å²) in [6.45, 7) is 1.62. The lowest BCUT2D eigenvalue weighted by Crippen LogP contribution is -2.77. The van der Waals surface area contributed by atoms with Gasteiger partial charge in [-0.15, -0.1) is 11.3 Å². The number of anilines is 2. The number of ketones is 4. The van der Waals surface area contributed by atoms with Gasteiger partial charge in [0.2, 0.25) is 5.91 Å². The van der Waals surface area contributed by atoms with Crippen molar-refractivity contribution in [3.8, 4) is 17.0 Å². The number of nitrogens with one attached hydrogen (secondary N) is 1. The molecule has 6 N–H and O–H groups in total. The quantitative estimate of drug-likeness (QED) is 0.108. The Kier molecular flexibility index (Phi) is 7.58. The van der Waals surface area contributed by atoms with Crippen LogP contribution in [-0.4, -0.2) is 91.0 Å². The Balaban J connectivity index is 1.39. The normalized spacial score (nSPS) is 30.0. The standard InChI is InChI=1S/C31H29N5O10S/c1-11-14-7-8-15(33-30-34-16(10-47-30)12-5-4-6-13(9-12)36(45)46)23(37)18(14)24(38)19-17(11)25(39)21-22(35(2)3)26(40)20(29(32)43)28(42)31(21,44)27(19)41/h4-11,17,19-22,25,37,39,44H,1-3H3,(H2,32,43)(H,33,34). The molecule has 244 valence electrons. The number of carbonyl (C=O) groups excluding carboxylic acids is 5. The zero-order chi connectivity index (χ0) is 34.3. The molecule has 0 saturated heterocycles. The number of hydrogen-bond donors (Lipinski definition) is 5. The number of rotatable bonds is 6. The summed E-state index contributed by atoms with van der Waals surface area (Å²) in [4.78, 5) is 83.6. The number of phenolic OH excluding ortho intramolecular Hbond substituents is 1. The molecule has 47 heavy (non-hydrogen) atoms. The van der Waals surface area contributed by atoms with Crippen molar-refractivity contribution < 1.29 is 44.2 Å². The van der Waals surface area contributed by atoms with Crippen LogP contribution in [0, 0.1) is 33.8 Å². The second-order valence-corrected chi connectivity index (χ2v) is 13.1. The molecule has 3 aliphatic carbocycles. The second-order valence-electron chi connectivity index (χ2n) is 12.3. The van der Waals surface area contributed by atoms with Gasteiger partial charge in [-0.25, -0.2) is 4.98 Å². The number of Topliss-reactive ketones (excluding diaryl/α,β-unsaturated/α-hetero) is 4. The third-order valence-electron chi connectivity index (χ3n) is 9.59. The number of nitrogens with zero attached hydrogens (tertiary/aromatic N) is 3. The Labute approximate surface area is 270 Å². The van der Waals surface area contributed by atoms with Crippen LogP contribution in [0.2, 0.25) is 0 Å². The Morgan fingerprint density at radius 2 is 1.85 bits per heavy atom. The van der Waals surface area contributed by atoms with E-state index in [1.807, 2.05) is 0 Å². The number of nitro groups is 1. The van der Waals surface area contributed by atoms with E-state index in [0.29, 0.717) is 11.3 Å². The molecule has 2 fully saturated rings. The van der Waals surface area contributed by atoms with Gasteiger partial charge < -0.3 is 26.4 Å². The number of likely N-dealkylation sites (N-methyl/N-ethyl adjacent to an activating group) is 1. The monoisotopic (exact) mass is 663 g/mol. The highest BCUT2D eigenvalue weighted by Crippen LogP contribution is 2.55. The number of carbonyl (C=O) groups is 5. The maximum Gasteiger partial charge on any atom is 0.270 e. The largest absolute Gasteiger partial charge is 0.505 e. The third-order valence-corrected chi connectivity index (χ3v) is 10.3. The van der Waals surface area contributed by atoms with Crippen LogP contribution in [0.1, 0.15) is 28.8 Å². The number of aromatic hydroxyl groups is 1. The summed E-state index contributed by atoms with van der Waals surface area (Å²) < 4.78 is 0. The lowest BCUT2D eigenvalue weighted by molar-refractivity contribution is -0.384. The number of benzene rings is 2. The van der Waals surface area contributed by atoms with Crippen LogP contribution in [0.4, 0.5) is 16.5 Å². The average Bonchev–Trinajstić information content (AvgIpc) is 3.48. The summed E-state index contributed by atoms with van der Waals surface area (Å²) in [6, 6.07) is 7.43. The van der Waals surface area contributed by atoms with Crippen molar-refractivity contribution >= 4 is 56.9 Å². The fourth-order valence-corrected chi connectivity index (χ4v) is 8.18. The molecule has 8 unspecified atom stereocenters. The van der Waals surface area contributed by atoms with Crippen molar-refractivity contribution in [1.29, 1.82) is 0 Å². The Hall–Kier alpha value is -4.90. The van der Waals surface area contributed by atoms with Gasteiger partial charge in [-0.3, -0.25) is 39.0 Å². The van der Waals surface area contributed by atoms with Crippen molar-refractivity contribution in [3.63, 3.8) is 0 Å². The summed E-state index contributed by atoms with van der Waals surface area (Å²) in [6.07, 6.45) is -1.73. The highest BCUT2D eigenvalue weighted by molar-refractivity contribution is 7.14. The summed E-state index contributed by atoms with van der Waals surface area (Å²) in [5.41, 5.74) is 3.08. The molecule has 0 radical (unpaired) electrons. The first kappa shape index (κ1) is 32.1. The van der Waals surface area contributed by atoms with E-state index in [4.69, 9.17) is 5.73 Å². The van der Waals surface area contributed by atoms with Crippen molar-refractivity contribution in [2.45, 2.75) is 30.6 Å². The smallest absolute Gasteiger partial charge is 0.270 e. The molecule has 0 aliphatic heterocycles. The molecule has 6 rings (SSSR count). The van der Waals surface area contributed by atoms with E-state index in [-0.39, 0.29) is 27.6 Å². The number of fused-ring (bicyclic) bond motifs is 3. The number of thiazole rings is 1. The molecule has 0 spiro atoms. The first-order valence-corrected chi connectivity index (χ1v) is 15.3. The van der Waals surface area contributed by atoms with Crippen molar-refractivity contribution in [3.05, 3.63) is 63.0 Å². The third kappa shape index (κ3) is 4.58. The molecule has 1 aromatic heterocycles. The molecule has 2 saturated carbocycles. The maximum atomic E-state index is 14.1. The molecule has 16 heteroatoms. The van der Waals surface area contributed by atoms with Crippen molar-refractivity contribution in [2.75, 3.05) is 19.4 Å². The van der Waals surface area contributed by atoms with Crippen molar-refractivity contribution in [1.82, 2.24) is 9.88 Å². The van der Waals surface area contributed by atoms with E-state index < -0.39 is 87.0 Å². The maximum absolute atomic E-state index is 14.1. The highest BCUT2D eigenvalue weighted by atomic mass is 32.1. The minimum atomic E-state index is -3.09. The number of non-ortho nitro benzene ring substituents is 1. The molecular formula is C31H29N5O10S. The number of hydrogen-bond acceptors (Lipinski definition) is 14. The molecule has 15 nitrogen and oxygen atoms in total. The lowest BCUT2D eigenvalue weighted by Gasteiger charge is -2.56. The van der Waals surface area contributed by atoms with Gasteiger partial charge in [0.05, 0.1) is 45.8 Å². The van der Waals surface area contributed by atoms with Gasteiger partial charge in [0.25, 0.3) is 5.69 Å². The summed E-state index contributed by atoms with van der Waals surface area (Å²) in [5.74, 6) is -14.3. The number of nitro benzene ring substituents is 1. The van der Waals surface area contributed by atoms with Gasteiger partial charge in [-0.2, -0.15) is 0 Å². The zero-order valence-electron chi connectivity index (χ0n) is 25.1. The van der Waals surface area contributed by atoms with E-state index >= 15 is 0 Å². The molecular weight excluding hydrogens is 634 g/mol. The number of aliphatic hydroxyl groups excluding tert-OH is 1. The fourth-order valence-electron chi connectivity index (χ4n) is 7.45. The van der Waals surface area contributed by atoms with Crippen LogP contribution in [0.15, 0.2) is 41.8 Å². The highest BCUT2D eigenvalue weighted by Gasteiger charge is 2.72. The number of nitrogens with two attached hydrogens (primary N) is 1. The topological polar surface area (TPSA) is 243 Å². The predicted molar refractivity (Wildman–Crippen MR) is 165 cm³/mol. The number of phenols is 1. The van der Waals surface area contributed by atoms with E-state index in [0.717, 1.165) is 11.3 Å². The number of primary amides is 1. The second kappa shape index (κ2) is 11.1. The van der Waals surface area contributed by atoms with Gasteiger partial charge in [0, 0.05) is 29.0 Å². The number of aliphatic hydroxyl groups is 2. The van der Waals surface area contributed by atoms with Gasteiger partial charge in [-0.1, -0.05) is 25.1 Å². The first-order chi connectivity index (χ1) is 22.1. The van der Waals surface area contributed by atoms with E-state index in [1.54, 1.807) is 18.4 Å². The molecule has 1 amide bonds. The van der Waals surface area contributed by atoms with E-state index in [2.05, 4.69) is 10.3 Å². The van der Waals surface area contributed by atoms with Crippen LogP contribution < -0.4 is 11.1 Å². The summed E-state index contributed by atoms with van der Waals surface area (Å²) in [7, 11) is 2.85. The number of amides is 1. The molecule has 3 aromatic rings. The van der Waals surface area contributed by atoms with Crippen LogP contribution >= 0.6 is 11.3 Å². The molecule has 3 aliphatic rings. The van der Waals surface area contributed by atoms with Gasteiger partial charge in [-0.05, 0) is 31.6 Å². The Morgan fingerprint density at radius 3 is 2.49 bits per heavy atom. The van der Waals surface area contributed by atoms with Crippen LogP contribution in [0.25, 0.3) is 11.3 Å². The Morgan fingerprint density at radius 1 is 1.15 bits per heavy atom. The van der Waals surface area contributed by atoms with Crippen LogP contribution in [-0.2, 0) is 19.2 Å².